The Kier molecular flexibility index (Phi) is 1.99. The molecule has 1 aliphatic heterocycles. The van der Waals surface area contributed by atoms with Gasteiger partial charge in [-0.05, 0) is 38.1 Å². The minimum atomic E-state index is 0.932. The van der Waals surface area contributed by atoms with Crippen LogP contribution < -0.4 is 0 Å². The average molecular weight is 151 g/mol. The number of likely N-dealkylation sites (tertiary alicyclic amines) is 1. The predicted octanol–water partition coefficient (Wildman–Crippen LogP) is 2.05. The second kappa shape index (κ2) is 2.98. The third kappa shape index (κ3) is 1.22. The normalized spacial score (nSPS) is 37.5. The lowest BCUT2D eigenvalue weighted by molar-refractivity contribution is 0.0295. The lowest BCUT2D eigenvalue weighted by atomic mass is 9.73. The van der Waals surface area contributed by atoms with E-state index in [4.69, 9.17) is 0 Å². The Morgan fingerprint density at radius 3 is 2.91 bits per heavy atom. The fourth-order valence-corrected chi connectivity index (χ4v) is 2.48. The number of hydrogen-bond donors (Lipinski definition) is 0. The highest BCUT2D eigenvalue weighted by Gasteiger charge is 2.37. The molecule has 0 radical (unpaired) electrons. The van der Waals surface area contributed by atoms with Crippen molar-refractivity contribution < 1.29 is 0 Å². The number of rotatable bonds is 2. The van der Waals surface area contributed by atoms with Crippen molar-refractivity contribution in [1.82, 2.24) is 4.90 Å². The third-order valence-electron chi connectivity index (χ3n) is 3.23. The van der Waals surface area contributed by atoms with Crippen LogP contribution in [0, 0.1) is 5.92 Å². The summed E-state index contributed by atoms with van der Waals surface area (Å²) in [6.45, 7) is 6.22. The fourth-order valence-electron chi connectivity index (χ4n) is 2.48. The first-order valence-electron chi connectivity index (χ1n) is 4.77. The van der Waals surface area contributed by atoms with Crippen molar-refractivity contribution in [3.8, 4) is 0 Å². The van der Waals surface area contributed by atoms with Crippen molar-refractivity contribution in [2.75, 3.05) is 13.1 Å². The molecule has 0 spiro atoms. The van der Waals surface area contributed by atoms with Crippen molar-refractivity contribution >= 4 is 0 Å². The van der Waals surface area contributed by atoms with Crippen LogP contribution >= 0.6 is 0 Å². The van der Waals surface area contributed by atoms with Gasteiger partial charge < -0.3 is 0 Å². The molecule has 0 aromatic rings. The molecule has 1 saturated heterocycles. The van der Waals surface area contributed by atoms with Crippen LogP contribution in [-0.2, 0) is 0 Å². The maximum Gasteiger partial charge on any atom is 0.0163 e. The first-order chi connectivity index (χ1) is 5.42. The summed E-state index contributed by atoms with van der Waals surface area (Å²) in [6, 6.07) is 0.932. The lowest BCUT2D eigenvalue weighted by Gasteiger charge is -2.48. The Labute approximate surface area is 69.1 Å². The number of nitrogens with zero attached hydrogens (tertiary/aromatic N) is 1. The van der Waals surface area contributed by atoms with Gasteiger partial charge in [-0.3, -0.25) is 4.90 Å². The van der Waals surface area contributed by atoms with Crippen molar-refractivity contribution in [3.05, 3.63) is 12.7 Å². The summed E-state index contributed by atoms with van der Waals surface area (Å²) in [5, 5.41) is 0. The minimum absolute atomic E-state index is 0.932. The van der Waals surface area contributed by atoms with Crippen LogP contribution in [0.1, 0.15) is 25.7 Å². The highest BCUT2D eigenvalue weighted by Crippen LogP contribution is 2.38. The molecule has 0 aromatic carbocycles. The second-order valence-electron chi connectivity index (χ2n) is 3.83. The van der Waals surface area contributed by atoms with Gasteiger partial charge in [0.25, 0.3) is 0 Å². The molecule has 0 amide bonds. The predicted molar refractivity (Wildman–Crippen MR) is 47.5 cm³/mol. The Hall–Kier alpha value is -0.300. The molecule has 1 nitrogen and oxygen atoms in total. The van der Waals surface area contributed by atoms with Gasteiger partial charge in [0.2, 0.25) is 0 Å². The van der Waals surface area contributed by atoms with Gasteiger partial charge in [-0.2, -0.15) is 0 Å². The Bertz CT molecular complexity index is 153. The van der Waals surface area contributed by atoms with E-state index in [1.165, 1.54) is 32.2 Å². The van der Waals surface area contributed by atoms with Gasteiger partial charge in [0, 0.05) is 12.6 Å². The Morgan fingerprint density at radius 1 is 1.36 bits per heavy atom. The highest BCUT2D eigenvalue weighted by molar-refractivity contribution is 4.94. The summed E-state index contributed by atoms with van der Waals surface area (Å²) in [5.74, 6) is 1.05. The van der Waals surface area contributed by atoms with Gasteiger partial charge in [-0.25, -0.2) is 0 Å². The molecule has 0 aromatic heterocycles. The fraction of sp³-hybridized carbons (Fsp3) is 0.800. The van der Waals surface area contributed by atoms with Crippen LogP contribution in [0.15, 0.2) is 12.7 Å². The van der Waals surface area contributed by atoms with Gasteiger partial charge >= 0.3 is 0 Å². The first-order valence-corrected chi connectivity index (χ1v) is 4.77. The van der Waals surface area contributed by atoms with Gasteiger partial charge in [0.05, 0.1) is 0 Å². The summed E-state index contributed by atoms with van der Waals surface area (Å²) < 4.78 is 0. The molecule has 1 heteroatoms. The zero-order chi connectivity index (χ0) is 7.68. The molecule has 11 heavy (non-hydrogen) atoms. The zero-order valence-electron chi connectivity index (χ0n) is 7.13. The van der Waals surface area contributed by atoms with Crippen LogP contribution in [0.4, 0.5) is 0 Å². The molecule has 62 valence electrons. The number of piperidine rings is 1. The molecule has 2 rings (SSSR count). The molecule has 1 heterocycles. The highest BCUT2D eigenvalue weighted by atomic mass is 15.2. The summed E-state index contributed by atoms with van der Waals surface area (Å²) in [7, 11) is 0. The van der Waals surface area contributed by atoms with Crippen molar-refractivity contribution in [3.63, 3.8) is 0 Å². The molecular weight excluding hydrogens is 134 g/mol. The SMILES string of the molecule is C=CCN1CCC[C@H]2CC[C@H]21. The monoisotopic (exact) mass is 151 g/mol. The summed E-state index contributed by atoms with van der Waals surface area (Å²) >= 11 is 0. The van der Waals surface area contributed by atoms with E-state index in [-0.39, 0.29) is 0 Å². The molecule has 0 bridgehead atoms. The smallest absolute Gasteiger partial charge is 0.0163 e. The first kappa shape index (κ1) is 7.35. The van der Waals surface area contributed by atoms with Crippen LogP contribution in [-0.4, -0.2) is 24.0 Å². The second-order valence-corrected chi connectivity index (χ2v) is 3.83. The van der Waals surface area contributed by atoms with E-state index in [0.717, 1.165) is 18.5 Å². The molecule has 2 atom stereocenters. The van der Waals surface area contributed by atoms with Gasteiger partial charge in [0.15, 0.2) is 0 Å². The van der Waals surface area contributed by atoms with Crippen LogP contribution in [0.2, 0.25) is 0 Å². The topological polar surface area (TPSA) is 3.24 Å². The molecule has 2 fully saturated rings. The van der Waals surface area contributed by atoms with Crippen molar-refractivity contribution in [2.24, 2.45) is 5.92 Å². The molecule has 2 aliphatic rings. The standard InChI is InChI=1S/C10H17N/c1-2-7-11-8-3-4-9-5-6-10(9)11/h2,9-10H,1,3-8H2/t9-,10+/m0/s1. The van der Waals surface area contributed by atoms with Crippen LogP contribution in [0.25, 0.3) is 0 Å². The van der Waals surface area contributed by atoms with Gasteiger partial charge in [0.1, 0.15) is 0 Å². The Balaban J connectivity index is 1.92. The third-order valence-corrected chi connectivity index (χ3v) is 3.23. The zero-order valence-corrected chi connectivity index (χ0v) is 7.13. The largest absolute Gasteiger partial charge is 0.296 e. The number of hydrogen-bond acceptors (Lipinski definition) is 1. The molecule has 0 unspecified atom stereocenters. The van der Waals surface area contributed by atoms with Gasteiger partial charge in [-0.1, -0.05) is 6.08 Å². The summed E-state index contributed by atoms with van der Waals surface area (Å²) in [6.07, 6.45) is 7.87. The maximum atomic E-state index is 3.80. The van der Waals surface area contributed by atoms with Crippen molar-refractivity contribution in [2.45, 2.75) is 31.7 Å². The quantitative estimate of drug-likeness (QED) is 0.546. The van der Waals surface area contributed by atoms with E-state index < -0.39 is 0 Å². The maximum absolute atomic E-state index is 3.80. The number of fused-ring (bicyclic) bond motifs is 1. The Morgan fingerprint density at radius 2 is 2.27 bits per heavy atom. The van der Waals surface area contributed by atoms with Gasteiger partial charge in [-0.15, -0.1) is 6.58 Å². The average Bonchev–Trinajstić information content (AvgIpc) is 1.94. The van der Waals surface area contributed by atoms with E-state index in [0.29, 0.717) is 0 Å². The van der Waals surface area contributed by atoms with E-state index >= 15 is 0 Å². The summed E-state index contributed by atoms with van der Waals surface area (Å²) in [4.78, 5) is 2.60. The van der Waals surface area contributed by atoms with E-state index in [9.17, 15) is 0 Å². The van der Waals surface area contributed by atoms with Crippen molar-refractivity contribution in [1.29, 1.82) is 0 Å². The van der Waals surface area contributed by atoms with E-state index in [2.05, 4.69) is 11.5 Å². The summed E-state index contributed by atoms with van der Waals surface area (Å²) in [5.41, 5.74) is 0. The molecule has 1 saturated carbocycles. The van der Waals surface area contributed by atoms with E-state index in [1.54, 1.807) is 0 Å². The lowest BCUT2D eigenvalue weighted by Crippen LogP contribution is -2.50. The molecular formula is C10H17N. The minimum Gasteiger partial charge on any atom is -0.296 e. The van der Waals surface area contributed by atoms with Crippen LogP contribution in [0.5, 0.6) is 0 Å². The molecule has 0 N–H and O–H groups in total. The molecule has 1 aliphatic carbocycles. The van der Waals surface area contributed by atoms with E-state index in [1.807, 2.05) is 6.08 Å². The van der Waals surface area contributed by atoms with Crippen LogP contribution in [0.3, 0.4) is 0 Å².